The maximum absolute atomic E-state index is 5.00. The Hall–Kier alpha value is 0.137. The normalized spacial score (nSPS) is 10.3. The van der Waals surface area contributed by atoms with Crippen LogP contribution in [-0.4, -0.2) is 23.2 Å². The van der Waals surface area contributed by atoms with E-state index in [-0.39, 0.29) is 10.0 Å². The minimum absolute atomic E-state index is 0.195. The number of hydrogen-bond donors (Lipinski definition) is 0. The highest BCUT2D eigenvalue weighted by Crippen LogP contribution is 1.82. The van der Waals surface area contributed by atoms with Gasteiger partial charge in [-0.1, -0.05) is 0 Å². The maximum Gasteiger partial charge on any atom is 0.433 e. The molecule has 0 saturated heterocycles. The lowest BCUT2D eigenvalue weighted by molar-refractivity contribution is 0.201. The van der Waals surface area contributed by atoms with Gasteiger partial charge >= 0.3 is 10.0 Å². The third-order valence-corrected chi connectivity index (χ3v) is 1.10. The fourth-order valence-electron chi connectivity index (χ4n) is 0.144. The molecule has 0 unspecified atom stereocenters. The number of rotatable bonds is 3. The summed E-state index contributed by atoms with van der Waals surface area (Å²) in [4.78, 5) is 0. The Morgan fingerprint density at radius 3 is 2.14 bits per heavy atom. The monoisotopic (exact) mass is 118 g/mol. The van der Waals surface area contributed by atoms with Crippen LogP contribution >= 0.6 is 0 Å². The predicted molar refractivity (Wildman–Crippen MR) is 29.0 cm³/mol. The highest BCUT2D eigenvalue weighted by atomic mass is 28.3. The van der Waals surface area contributed by atoms with Crippen molar-refractivity contribution in [3.63, 3.8) is 0 Å². The van der Waals surface area contributed by atoms with Gasteiger partial charge in [0.2, 0.25) is 0 Å². The molecule has 2 nitrogen and oxygen atoms in total. The van der Waals surface area contributed by atoms with E-state index in [4.69, 9.17) is 4.43 Å². The van der Waals surface area contributed by atoms with Gasteiger partial charge in [0.15, 0.2) is 0 Å². The molecule has 0 aliphatic carbocycles. The van der Waals surface area contributed by atoms with E-state index in [0.717, 1.165) is 0 Å². The molecule has 0 spiro atoms. The van der Waals surface area contributed by atoms with Crippen molar-refractivity contribution in [3.05, 3.63) is 0 Å². The molecular formula is C4H10O2Si. The van der Waals surface area contributed by atoms with E-state index >= 15 is 0 Å². The Bertz CT molecular complexity index is 38.7. The molecule has 0 amide bonds. The van der Waals surface area contributed by atoms with Gasteiger partial charge in [0.1, 0.15) is 0 Å². The molecule has 0 bridgehead atoms. The zero-order valence-corrected chi connectivity index (χ0v) is 5.89. The Labute approximate surface area is 46.9 Å². The molecule has 3 heteroatoms. The average molecular weight is 118 g/mol. The first-order valence-corrected chi connectivity index (χ1v) is 3.02. The first kappa shape index (κ1) is 7.14. The third-order valence-electron chi connectivity index (χ3n) is 0.367. The summed E-state index contributed by atoms with van der Waals surface area (Å²) in [5.41, 5.74) is 0. The Morgan fingerprint density at radius 1 is 1.43 bits per heavy atom. The van der Waals surface area contributed by atoms with Crippen molar-refractivity contribution in [2.45, 2.75) is 20.0 Å². The van der Waals surface area contributed by atoms with Crippen LogP contribution in [0.5, 0.6) is 0 Å². The van der Waals surface area contributed by atoms with Crippen molar-refractivity contribution >= 4 is 10.0 Å². The van der Waals surface area contributed by atoms with Crippen LogP contribution < -0.4 is 0 Å². The van der Waals surface area contributed by atoms with E-state index in [1.807, 2.05) is 13.8 Å². The molecule has 7 heavy (non-hydrogen) atoms. The number of hydrogen-bond acceptors (Lipinski definition) is 2. The fourth-order valence-corrected chi connectivity index (χ4v) is 0.433. The van der Waals surface area contributed by atoms with Gasteiger partial charge < -0.3 is 8.85 Å². The van der Waals surface area contributed by atoms with Gasteiger partial charge in [-0.2, -0.15) is 0 Å². The van der Waals surface area contributed by atoms with Crippen LogP contribution in [0.25, 0.3) is 0 Å². The van der Waals surface area contributed by atoms with Gasteiger partial charge in [-0.3, -0.25) is 0 Å². The lowest BCUT2D eigenvalue weighted by Crippen LogP contribution is -2.08. The van der Waals surface area contributed by atoms with E-state index in [2.05, 4.69) is 4.43 Å². The molecule has 0 rings (SSSR count). The molecule has 0 atom stereocenters. The van der Waals surface area contributed by atoms with Crippen LogP contribution in [0.4, 0.5) is 0 Å². The van der Waals surface area contributed by atoms with E-state index in [9.17, 15) is 0 Å². The third kappa shape index (κ3) is 6.14. The zero-order chi connectivity index (χ0) is 5.70. The molecule has 0 aliphatic rings. The molecule has 0 aromatic carbocycles. The zero-order valence-electron chi connectivity index (χ0n) is 4.89. The molecular weight excluding hydrogens is 108 g/mol. The van der Waals surface area contributed by atoms with Crippen molar-refractivity contribution in [1.82, 2.24) is 0 Å². The molecule has 42 valence electrons. The van der Waals surface area contributed by atoms with Crippen LogP contribution in [0.1, 0.15) is 13.8 Å². The lowest BCUT2D eigenvalue weighted by Gasteiger charge is -2.01. The second-order valence-electron chi connectivity index (χ2n) is 1.45. The van der Waals surface area contributed by atoms with E-state index in [1.165, 1.54) is 0 Å². The van der Waals surface area contributed by atoms with Crippen molar-refractivity contribution < 1.29 is 8.85 Å². The molecule has 0 aromatic heterocycles. The van der Waals surface area contributed by atoms with E-state index in [1.54, 1.807) is 7.11 Å². The Balaban J connectivity index is 2.68. The molecule has 0 aliphatic heterocycles. The second-order valence-corrected chi connectivity index (χ2v) is 2.26. The molecule has 0 N–H and O–H groups in total. The summed E-state index contributed by atoms with van der Waals surface area (Å²) >= 11 is 0. The SMILES string of the molecule is CO[Si]OC(C)C. The van der Waals surface area contributed by atoms with E-state index in [0.29, 0.717) is 6.10 Å². The van der Waals surface area contributed by atoms with Crippen LogP contribution in [0.3, 0.4) is 0 Å². The second kappa shape index (κ2) is 4.30. The van der Waals surface area contributed by atoms with Crippen LogP contribution in [0, 0.1) is 0 Å². The minimum Gasteiger partial charge on any atom is -0.396 e. The standard InChI is InChI=1S/C4H10O2Si/c1-4(2)6-7-5-3/h4H,1-3H3. The van der Waals surface area contributed by atoms with E-state index < -0.39 is 0 Å². The fraction of sp³-hybridized carbons (Fsp3) is 1.00. The summed E-state index contributed by atoms with van der Waals surface area (Å²) < 4.78 is 9.65. The van der Waals surface area contributed by atoms with Crippen LogP contribution in [0.2, 0.25) is 0 Å². The summed E-state index contributed by atoms with van der Waals surface area (Å²) in [6.45, 7) is 3.96. The highest BCUT2D eigenvalue weighted by Gasteiger charge is 1.91. The highest BCUT2D eigenvalue weighted by molar-refractivity contribution is 6.17. The summed E-state index contributed by atoms with van der Waals surface area (Å²) in [5, 5.41) is 0. The van der Waals surface area contributed by atoms with Crippen molar-refractivity contribution in [1.29, 1.82) is 0 Å². The average Bonchev–Trinajstić information content (AvgIpc) is 1.61. The van der Waals surface area contributed by atoms with Crippen molar-refractivity contribution in [2.75, 3.05) is 7.11 Å². The predicted octanol–water partition coefficient (Wildman–Crippen LogP) is 0.592. The summed E-state index contributed by atoms with van der Waals surface area (Å²) in [6, 6.07) is 0. The topological polar surface area (TPSA) is 18.5 Å². The molecule has 0 heterocycles. The van der Waals surface area contributed by atoms with Crippen molar-refractivity contribution in [2.24, 2.45) is 0 Å². The molecule has 0 fully saturated rings. The maximum atomic E-state index is 5.00. The minimum atomic E-state index is 0.195. The van der Waals surface area contributed by atoms with Gasteiger partial charge in [-0.05, 0) is 13.8 Å². The van der Waals surface area contributed by atoms with Gasteiger partial charge in [0.05, 0.1) is 0 Å². The van der Waals surface area contributed by atoms with Gasteiger partial charge in [-0.25, -0.2) is 0 Å². The van der Waals surface area contributed by atoms with Crippen LogP contribution in [0.15, 0.2) is 0 Å². The van der Waals surface area contributed by atoms with Crippen molar-refractivity contribution in [3.8, 4) is 0 Å². The van der Waals surface area contributed by atoms with Crippen LogP contribution in [-0.2, 0) is 8.85 Å². The van der Waals surface area contributed by atoms with Gasteiger partial charge in [-0.15, -0.1) is 0 Å². The molecule has 0 aromatic rings. The van der Waals surface area contributed by atoms with Gasteiger partial charge in [0.25, 0.3) is 0 Å². The lowest BCUT2D eigenvalue weighted by atomic mass is 10.5. The first-order valence-electron chi connectivity index (χ1n) is 2.21. The molecule has 0 saturated carbocycles. The Morgan fingerprint density at radius 2 is 2.00 bits per heavy atom. The van der Waals surface area contributed by atoms with Gasteiger partial charge in [0, 0.05) is 13.2 Å². The quantitative estimate of drug-likeness (QED) is 0.505. The molecule has 2 radical (unpaired) electrons. The first-order chi connectivity index (χ1) is 3.27. The summed E-state index contributed by atoms with van der Waals surface area (Å²) in [6.07, 6.45) is 0.290. The Kier molecular flexibility index (Phi) is 4.38. The smallest absolute Gasteiger partial charge is 0.396 e. The summed E-state index contributed by atoms with van der Waals surface area (Å²) in [5.74, 6) is 0. The summed E-state index contributed by atoms with van der Waals surface area (Å²) in [7, 11) is 1.82. The largest absolute Gasteiger partial charge is 0.433 e.